The molecule has 0 unspecified atom stereocenters. The van der Waals surface area contributed by atoms with E-state index in [0.29, 0.717) is 10.8 Å². The normalized spacial score (nSPS) is 11.1. The van der Waals surface area contributed by atoms with Gasteiger partial charge in [0.15, 0.2) is 0 Å². The maximum absolute atomic E-state index is 6.00. The molecule has 0 radical (unpaired) electrons. The number of aryl methyl sites for hydroxylation is 1. The lowest BCUT2D eigenvalue weighted by Crippen LogP contribution is -2.01. The first-order valence-corrected chi connectivity index (χ1v) is 9.66. The number of aromatic nitrogens is 2. The van der Waals surface area contributed by atoms with Gasteiger partial charge in [0.25, 0.3) is 0 Å². The lowest BCUT2D eigenvalue weighted by Gasteiger charge is -2.07. The van der Waals surface area contributed by atoms with Crippen molar-refractivity contribution in [3.05, 3.63) is 101 Å². The third-order valence-corrected chi connectivity index (χ3v) is 4.80. The number of ether oxygens (including phenoxy) is 1. The number of benzene rings is 2. The summed E-state index contributed by atoms with van der Waals surface area (Å²) in [6, 6.07) is 23.0. The van der Waals surface area contributed by atoms with Crippen LogP contribution in [-0.2, 0) is 0 Å². The molecule has 0 fully saturated rings. The van der Waals surface area contributed by atoms with Crippen LogP contribution in [0.3, 0.4) is 0 Å². The van der Waals surface area contributed by atoms with Crippen molar-refractivity contribution in [1.82, 2.24) is 9.55 Å². The van der Waals surface area contributed by atoms with E-state index >= 15 is 0 Å². The Morgan fingerprint density at radius 2 is 1.76 bits per heavy atom. The van der Waals surface area contributed by atoms with Crippen LogP contribution in [0.4, 0.5) is 5.69 Å². The minimum Gasteiger partial charge on any atom is -0.457 e. The molecule has 4 rings (SSSR count). The molecule has 2 aromatic carbocycles. The molecule has 0 amide bonds. The van der Waals surface area contributed by atoms with Crippen molar-refractivity contribution in [1.29, 1.82) is 0 Å². The van der Waals surface area contributed by atoms with E-state index in [2.05, 4.69) is 34.5 Å². The molecule has 4 aromatic rings. The summed E-state index contributed by atoms with van der Waals surface area (Å²) >= 11 is 6.00. The van der Waals surface area contributed by atoms with Crippen molar-refractivity contribution in [3.8, 4) is 17.3 Å². The van der Waals surface area contributed by atoms with Crippen LogP contribution in [0.2, 0.25) is 5.02 Å². The highest BCUT2D eigenvalue weighted by Crippen LogP contribution is 2.26. The van der Waals surface area contributed by atoms with Crippen molar-refractivity contribution in [2.45, 2.75) is 13.8 Å². The minimum atomic E-state index is 0.645. The standard InChI is InChI=1S/C24H20ClN3O/c1-17-14-19(18(2)28(17)24-8-3-4-13-26-24)16-27-21-9-11-22(12-10-21)29-23-7-5-6-20(25)15-23/h3-16H,1-2H3. The first kappa shape index (κ1) is 19.0. The van der Waals surface area contributed by atoms with Gasteiger partial charge in [-0.15, -0.1) is 0 Å². The summed E-state index contributed by atoms with van der Waals surface area (Å²) in [5, 5.41) is 0.645. The molecule has 0 N–H and O–H groups in total. The Bertz CT molecular complexity index is 1150. The van der Waals surface area contributed by atoms with Gasteiger partial charge in [0.2, 0.25) is 0 Å². The Labute approximate surface area is 175 Å². The Kier molecular flexibility index (Phi) is 5.45. The molecule has 0 aliphatic rings. The van der Waals surface area contributed by atoms with E-state index in [1.165, 1.54) is 0 Å². The Morgan fingerprint density at radius 3 is 2.48 bits per heavy atom. The van der Waals surface area contributed by atoms with Gasteiger partial charge in [-0.25, -0.2) is 4.98 Å². The maximum Gasteiger partial charge on any atom is 0.136 e. The maximum atomic E-state index is 6.00. The molecule has 0 bridgehead atoms. The monoisotopic (exact) mass is 401 g/mol. The van der Waals surface area contributed by atoms with Crippen molar-refractivity contribution in [3.63, 3.8) is 0 Å². The predicted octanol–water partition coefficient (Wildman–Crippen LogP) is 6.69. The highest BCUT2D eigenvalue weighted by Gasteiger charge is 2.09. The summed E-state index contributed by atoms with van der Waals surface area (Å²) in [6.07, 6.45) is 3.68. The molecule has 0 aliphatic heterocycles. The summed E-state index contributed by atoms with van der Waals surface area (Å²) in [4.78, 5) is 9.06. The second-order valence-electron chi connectivity index (χ2n) is 6.66. The van der Waals surface area contributed by atoms with Crippen LogP contribution in [-0.4, -0.2) is 15.8 Å². The zero-order valence-electron chi connectivity index (χ0n) is 16.2. The number of hydrogen-bond acceptors (Lipinski definition) is 3. The molecule has 0 spiro atoms. The molecule has 2 heterocycles. The van der Waals surface area contributed by atoms with Gasteiger partial charge in [0, 0.05) is 34.4 Å². The number of pyridine rings is 1. The predicted molar refractivity (Wildman–Crippen MR) is 118 cm³/mol. The Balaban J connectivity index is 1.51. The van der Waals surface area contributed by atoms with Crippen LogP contribution >= 0.6 is 11.6 Å². The van der Waals surface area contributed by atoms with E-state index in [4.69, 9.17) is 16.3 Å². The molecule has 2 aromatic heterocycles. The number of halogens is 1. The van der Waals surface area contributed by atoms with Crippen molar-refractivity contribution >= 4 is 23.5 Å². The molecule has 29 heavy (non-hydrogen) atoms. The highest BCUT2D eigenvalue weighted by atomic mass is 35.5. The van der Waals surface area contributed by atoms with E-state index in [0.717, 1.165) is 34.2 Å². The molecule has 0 saturated carbocycles. The van der Waals surface area contributed by atoms with E-state index < -0.39 is 0 Å². The average Bonchev–Trinajstić information content (AvgIpc) is 3.01. The SMILES string of the molecule is Cc1cc(C=Nc2ccc(Oc3cccc(Cl)c3)cc2)c(C)n1-c1ccccn1. The van der Waals surface area contributed by atoms with E-state index in [1.54, 1.807) is 12.3 Å². The summed E-state index contributed by atoms with van der Waals surface area (Å²) in [6.45, 7) is 4.14. The van der Waals surface area contributed by atoms with E-state index in [9.17, 15) is 0 Å². The smallest absolute Gasteiger partial charge is 0.136 e. The topological polar surface area (TPSA) is 39.4 Å². The van der Waals surface area contributed by atoms with Crippen molar-refractivity contribution in [2.75, 3.05) is 0 Å². The third-order valence-electron chi connectivity index (χ3n) is 4.57. The third kappa shape index (κ3) is 4.39. The van der Waals surface area contributed by atoms with Crippen molar-refractivity contribution in [2.24, 2.45) is 4.99 Å². The number of hydrogen-bond donors (Lipinski definition) is 0. The molecule has 5 heteroatoms. The van der Waals surface area contributed by atoms with Crippen LogP contribution in [0.25, 0.3) is 5.82 Å². The van der Waals surface area contributed by atoms with Crippen LogP contribution in [0.5, 0.6) is 11.5 Å². The zero-order chi connectivity index (χ0) is 20.2. The second-order valence-corrected chi connectivity index (χ2v) is 7.10. The lowest BCUT2D eigenvalue weighted by molar-refractivity contribution is 0.483. The first-order chi connectivity index (χ1) is 14.1. The summed E-state index contributed by atoms with van der Waals surface area (Å²) in [5.74, 6) is 2.35. The van der Waals surface area contributed by atoms with Gasteiger partial charge in [-0.2, -0.15) is 0 Å². The zero-order valence-corrected chi connectivity index (χ0v) is 17.0. The van der Waals surface area contributed by atoms with Crippen LogP contribution < -0.4 is 4.74 Å². The fourth-order valence-corrected chi connectivity index (χ4v) is 3.35. The Morgan fingerprint density at radius 1 is 0.931 bits per heavy atom. The molecule has 0 saturated heterocycles. The van der Waals surface area contributed by atoms with Crippen molar-refractivity contribution < 1.29 is 4.74 Å². The van der Waals surface area contributed by atoms with Gasteiger partial charge < -0.3 is 9.30 Å². The van der Waals surface area contributed by atoms with E-state index in [-0.39, 0.29) is 0 Å². The van der Waals surface area contributed by atoms with Gasteiger partial charge in [-0.3, -0.25) is 4.99 Å². The fraction of sp³-hybridized carbons (Fsp3) is 0.0833. The molecule has 4 nitrogen and oxygen atoms in total. The molecular formula is C24H20ClN3O. The molecule has 0 atom stereocenters. The van der Waals surface area contributed by atoms with Gasteiger partial charge in [-0.05, 0) is 74.5 Å². The number of rotatable bonds is 5. The van der Waals surface area contributed by atoms with Crippen LogP contribution in [0.15, 0.2) is 84.0 Å². The number of nitrogens with zero attached hydrogens (tertiary/aromatic N) is 3. The minimum absolute atomic E-state index is 0.645. The summed E-state index contributed by atoms with van der Waals surface area (Å²) in [5.41, 5.74) is 4.14. The summed E-state index contributed by atoms with van der Waals surface area (Å²) < 4.78 is 7.95. The Hall–Kier alpha value is -3.37. The van der Waals surface area contributed by atoms with Crippen LogP contribution in [0.1, 0.15) is 17.0 Å². The lowest BCUT2D eigenvalue weighted by atomic mass is 10.2. The van der Waals surface area contributed by atoms with Gasteiger partial charge in [-0.1, -0.05) is 23.7 Å². The summed E-state index contributed by atoms with van der Waals surface area (Å²) in [7, 11) is 0. The fourth-order valence-electron chi connectivity index (χ4n) is 3.17. The number of aliphatic imine (C=N–C) groups is 1. The van der Waals surface area contributed by atoms with Gasteiger partial charge >= 0.3 is 0 Å². The first-order valence-electron chi connectivity index (χ1n) is 9.28. The van der Waals surface area contributed by atoms with Crippen LogP contribution in [0, 0.1) is 13.8 Å². The molecule has 0 aliphatic carbocycles. The van der Waals surface area contributed by atoms with Gasteiger partial charge in [0.05, 0.1) is 5.69 Å². The largest absolute Gasteiger partial charge is 0.457 e. The van der Waals surface area contributed by atoms with Gasteiger partial charge in [0.1, 0.15) is 17.3 Å². The quantitative estimate of drug-likeness (QED) is 0.349. The molecule has 144 valence electrons. The molecular weight excluding hydrogens is 382 g/mol. The second kappa shape index (κ2) is 8.33. The highest BCUT2D eigenvalue weighted by molar-refractivity contribution is 6.30. The average molecular weight is 402 g/mol. The van der Waals surface area contributed by atoms with E-state index in [1.807, 2.05) is 66.9 Å².